The average Bonchev–Trinajstić information content (AvgIpc) is 2.46. The standard InChI is InChI=1S/C8H6BrFO2.C8H7FO2/c9-7(8(11)12)5-2-1-3-6(10)4-5;9-7-3-1-2-6(4-7)5-8(10)11/h1-4,7H,(H,11,12);1-4H,5H2,(H,10,11). The van der Waals surface area contributed by atoms with Crippen molar-refractivity contribution in [3.8, 4) is 0 Å². The molecule has 4 nitrogen and oxygen atoms in total. The highest BCUT2D eigenvalue weighted by Crippen LogP contribution is 2.22. The van der Waals surface area contributed by atoms with Gasteiger partial charge in [-0.1, -0.05) is 40.2 Å². The predicted octanol–water partition coefficient (Wildman–Crippen LogP) is 3.80. The Morgan fingerprint density at radius 2 is 1.57 bits per heavy atom. The smallest absolute Gasteiger partial charge is 0.321 e. The lowest BCUT2D eigenvalue weighted by molar-refractivity contribution is -0.137. The Balaban J connectivity index is 0.000000231. The number of rotatable bonds is 4. The Kier molecular flexibility index (Phi) is 7.34. The van der Waals surface area contributed by atoms with Gasteiger partial charge in [-0.25, -0.2) is 8.78 Å². The highest BCUT2D eigenvalue weighted by Gasteiger charge is 2.15. The minimum absolute atomic E-state index is 0.127. The van der Waals surface area contributed by atoms with Crippen LogP contribution < -0.4 is 0 Å². The predicted molar refractivity (Wildman–Crippen MR) is 83.4 cm³/mol. The maximum absolute atomic E-state index is 12.6. The molecule has 0 saturated heterocycles. The van der Waals surface area contributed by atoms with Crippen molar-refractivity contribution >= 4 is 27.9 Å². The Morgan fingerprint density at radius 3 is 2.04 bits per heavy atom. The van der Waals surface area contributed by atoms with E-state index in [9.17, 15) is 18.4 Å². The highest BCUT2D eigenvalue weighted by molar-refractivity contribution is 9.09. The van der Waals surface area contributed by atoms with Gasteiger partial charge in [-0.2, -0.15) is 0 Å². The number of carboxylic acid groups (broad SMARTS) is 2. The summed E-state index contributed by atoms with van der Waals surface area (Å²) in [5.41, 5.74) is 0.889. The molecule has 0 bridgehead atoms. The van der Waals surface area contributed by atoms with Gasteiger partial charge in [0.05, 0.1) is 6.42 Å². The molecule has 0 aromatic heterocycles. The lowest BCUT2D eigenvalue weighted by Gasteiger charge is -2.03. The van der Waals surface area contributed by atoms with Gasteiger partial charge in [-0.05, 0) is 35.4 Å². The largest absolute Gasteiger partial charge is 0.481 e. The molecular weight excluding hydrogens is 374 g/mol. The Morgan fingerprint density at radius 1 is 1.00 bits per heavy atom. The van der Waals surface area contributed by atoms with Crippen LogP contribution in [-0.2, 0) is 16.0 Å². The summed E-state index contributed by atoms with van der Waals surface area (Å²) >= 11 is 2.92. The zero-order valence-electron chi connectivity index (χ0n) is 11.7. The van der Waals surface area contributed by atoms with E-state index < -0.39 is 28.4 Å². The summed E-state index contributed by atoms with van der Waals surface area (Å²) in [6.07, 6.45) is -0.127. The molecule has 122 valence electrons. The van der Waals surface area contributed by atoms with E-state index in [1.807, 2.05) is 0 Å². The van der Waals surface area contributed by atoms with Gasteiger partial charge in [0.25, 0.3) is 0 Å². The topological polar surface area (TPSA) is 74.6 Å². The fraction of sp³-hybridized carbons (Fsp3) is 0.125. The molecule has 0 heterocycles. The maximum Gasteiger partial charge on any atom is 0.321 e. The van der Waals surface area contributed by atoms with E-state index in [0.29, 0.717) is 11.1 Å². The van der Waals surface area contributed by atoms with Crippen LogP contribution in [0.2, 0.25) is 0 Å². The quantitative estimate of drug-likeness (QED) is 0.783. The van der Waals surface area contributed by atoms with Crippen molar-refractivity contribution in [2.24, 2.45) is 0 Å². The number of hydrogen-bond acceptors (Lipinski definition) is 2. The van der Waals surface area contributed by atoms with Gasteiger partial charge in [0.2, 0.25) is 0 Å². The summed E-state index contributed by atoms with van der Waals surface area (Å²) in [7, 11) is 0. The van der Waals surface area contributed by atoms with Crippen molar-refractivity contribution < 1.29 is 28.6 Å². The third-order valence-electron chi connectivity index (χ3n) is 2.60. The normalized spacial score (nSPS) is 11.1. The van der Waals surface area contributed by atoms with Gasteiger partial charge in [-0.15, -0.1) is 0 Å². The molecule has 0 saturated carbocycles. The molecule has 7 heteroatoms. The number of halogens is 3. The second kappa shape index (κ2) is 8.99. The lowest BCUT2D eigenvalue weighted by atomic mass is 10.1. The molecule has 1 atom stereocenters. The third-order valence-corrected chi connectivity index (χ3v) is 3.52. The first kappa shape index (κ1) is 18.8. The average molecular weight is 387 g/mol. The minimum atomic E-state index is -1.03. The minimum Gasteiger partial charge on any atom is -0.481 e. The molecule has 0 amide bonds. The van der Waals surface area contributed by atoms with Crippen molar-refractivity contribution in [3.05, 3.63) is 71.3 Å². The zero-order valence-corrected chi connectivity index (χ0v) is 13.3. The molecule has 0 aliphatic carbocycles. The number of benzene rings is 2. The molecule has 0 aliphatic heterocycles. The van der Waals surface area contributed by atoms with Gasteiger partial charge in [0, 0.05) is 0 Å². The van der Waals surface area contributed by atoms with Gasteiger partial charge in [0.1, 0.15) is 16.5 Å². The SMILES string of the molecule is O=C(O)C(Br)c1cccc(F)c1.O=C(O)Cc1cccc(F)c1. The number of aliphatic carboxylic acids is 2. The summed E-state index contributed by atoms with van der Waals surface area (Å²) in [5.74, 6) is -2.81. The van der Waals surface area contributed by atoms with E-state index >= 15 is 0 Å². The Bertz CT molecular complexity index is 691. The number of carbonyl (C=O) groups is 2. The monoisotopic (exact) mass is 386 g/mol. The van der Waals surface area contributed by atoms with Crippen molar-refractivity contribution in [1.82, 2.24) is 0 Å². The second-order valence-electron chi connectivity index (χ2n) is 4.46. The first-order chi connectivity index (χ1) is 10.8. The molecule has 23 heavy (non-hydrogen) atoms. The van der Waals surface area contributed by atoms with Crippen molar-refractivity contribution in [3.63, 3.8) is 0 Å². The van der Waals surface area contributed by atoms with Crippen LogP contribution in [0.15, 0.2) is 48.5 Å². The molecule has 0 spiro atoms. The molecule has 2 rings (SSSR count). The van der Waals surface area contributed by atoms with Gasteiger partial charge < -0.3 is 10.2 Å². The maximum atomic E-state index is 12.6. The fourth-order valence-corrected chi connectivity index (χ4v) is 1.91. The molecule has 2 N–H and O–H groups in total. The van der Waals surface area contributed by atoms with Crippen LogP contribution in [0, 0.1) is 11.6 Å². The van der Waals surface area contributed by atoms with E-state index in [0.717, 1.165) is 0 Å². The number of alkyl halides is 1. The van der Waals surface area contributed by atoms with Crippen LogP contribution in [0.4, 0.5) is 8.78 Å². The molecule has 1 unspecified atom stereocenters. The van der Waals surface area contributed by atoms with E-state index in [1.54, 1.807) is 12.1 Å². The summed E-state index contributed by atoms with van der Waals surface area (Å²) in [4.78, 5) is 19.8. The van der Waals surface area contributed by atoms with Gasteiger partial charge in [-0.3, -0.25) is 9.59 Å². The summed E-state index contributed by atoms with van der Waals surface area (Å²) in [6.45, 7) is 0. The second-order valence-corrected chi connectivity index (χ2v) is 5.37. The fourth-order valence-electron chi connectivity index (χ4n) is 1.63. The number of hydrogen-bond donors (Lipinski definition) is 2. The highest BCUT2D eigenvalue weighted by atomic mass is 79.9. The third kappa shape index (κ3) is 7.01. The Labute approximate surface area is 139 Å². The first-order valence-corrected chi connectivity index (χ1v) is 7.29. The summed E-state index contributed by atoms with van der Waals surface area (Å²) in [5, 5.41) is 16.9. The Hall–Kier alpha value is -2.28. The van der Waals surface area contributed by atoms with Crippen LogP contribution in [-0.4, -0.2) is 22.2 Å². The van der Waals surface area contributed by atoms with Crippen LogP contribution in [0.5, 0.6) is 0 Å². The van der Waals surface area contributed by atoms with E-state index in [2.05, 4.69) is 15.9 Å². The summed E-state index contributed by atoms with van der Waals surface area (Å²) in [6, 6.07) is 11.1. The van der Waals surface area contributed by atoms with Crippen LogP contribution >= 0.6 is 15.9 Å². The molecule has 2 aromatic carbocycles. The van der Waals surface area contributed by atoms with Crippen LogP contribution in [0.1, 0.15) is 16.0 Å². The van der Waals surface area contributed by atoms with Gasteiger partial charge >= 0.3 is 11.9 Å². The van der Waals surface area contributed by atoms with E-state index in [4.69, 9.17) is 10.2 Å². The van der Waals surface area contributed by atoms with Gasteiger partial charge in [0.15, 0.2) is 0 Å². The van der Waals surface area contributed by atoms with Crippen LogP contribution in [0.25, 0.3) is 0 Å². The number of carboxylic acids is 2. The van der Waals surface area contributed by atoms with Crippen molar-refractivity contribution in [2.75, 3.05) is 0 Å². The first-order valence-electron chi connectivity index (χ1n) is 6.38. The van der Waals surface area contributed by atoms with Crippen LogP contribution in [0.3, 0.4) is 0 Å². The molecule has 0 aliphatic rings. The van der Waals surface area contributed by atoms with E-state index in [-0.39, 0.29) is 6.42 Å². The van der Waals surface area contributed by atoms with Crippen molar-refractivity contribution in [1.29, 1.82) is 0 Å². The van der Waals surface area contributed by atoms with E-state index in [1.165, 1.54) is 36.4 Å². The lowest BCUT2D eigenvalue weighted by Crippen LogP contribution is -2.04. The zero-order chi connectivity index (χ0) is 17.4. The summed E-state index contributed by atoms with van der Waals surface area (Å²) < 4.78 is 25.0. The van der Waals surface area contributed by atoms with Crippen molar-refractivity contribution in [2.45, 2.75) is 11.2 Å². The molecule has 2 aromatic rings. The molecule has 0 radical (unpaired) electrons. The molecule has 0 fully saturated rings. The molecular formula is C16H13BrF2O4.